The smallest absolute Gasteiger partial charge is 0.353 e. The van der Waals surface area contributed by atoms with Crippen LogP contribution in [0.3, 0.4) is 0 Å². The van der Waals surface area contributed by atoms with Gasteiger partial charge in [-0.2, -0.15) is 4.31 Å². The van der Waals surface area contributed by atoms with Crippen LogP contribution in [-0.4, -0.2) is 83.1 Å². The number of hydrogen-bond donors (Lipinski definition) is 3. The van der Waals surface area contributed by atoms with Crippen LogP contribution in [0.15, 0.2) is 10.6 Å². The summed E-state index contributed by atoms with van der Waals surface area (Å²) < 4.78 is 24.9. The molecule has 0 bridgehead atoms. The summed E-state index contributed by atoms with van der Waals surface area (Å²) in [5, 5.41) is 22.4. The Morgan fingerprint density at radius 2 is 2.08 bits per heavy atom. The second-order valence-electron chi connectivity index (χ2n) is 7.02. The normalized spacial score (nSPS) is 33.8. The van der Waals surface area contributed by atoms with Crippen molar-refractivity contribution < 1.29 is 28.2 Å². The number of carboxylic acid groups (broad SMARTS) is 1. The Bertz CT molecular complexity index is 765. The number of carbonyl (C=O) groups is 2. The Labute approximate surface area is 156 Å². The zero-order chi connectivity index (χ0) is 19.4. The number of carboxylic acids is 1. The van der Waals surface area contributed by atoms with E-state index in [0.717, 1.165) is 6.26 Å². The maximum atomic E-state index is 12.3. The topological polar surface area (TPSA) is 127 Å². The number of thioether (sulfide) groups is 1. The van der Waals surface area contributed by atoms with Crippen LogP contribution in [0.1, 0.15) is 13.8 Å². The molecule has 0 saturated carbocycles. The highest BCUT2D eigenvalue weighted by atomic mass is 32.2. The third-order valence-corrected chi connectivity index (χ3v) is 7.83. The highest BCUT2D eigenvalue weighted by Gasteiger charge is 2.60. The summed E-state index contributed by atoms with van der Waals surface area (Å²) in [7, 11) is -3.35. The molecule has 5 atom stereocenters. The van der Waals surface area contributed by atoms with Crippen molar-refractivity contribution >= 4 is 33.7 Å². The fourth-order valence-corrected chi connectivity index (χ4v) is 6.23. The summed E-state index contributed by atoms with van der Waals surface area (Å²) >= 11 is 1.31. The van der Waals surface area contributed by atoms with E-state index in [0.29, 0.717) is 11.4 Å². The molecule has 0 radical (unpaired) electrons. The van der Waals surface area contributed by atoms with Gasteiger partial charge in [-0.25, -0.2) is 13.2 Å². The first kappa shape index (κ1) is 19.6. The second-order valence-corrected chi connectivity index (χ2v) is 10.3. The van der Waals surface area contributed by atoms with Gasteiger partial charge in [0.15, 0.2) is 0 Å². The van der Waals surface area contributed by atoms with Crippen LogP contribution in [0.4, 0.5) is 0 Å². The lowest BCUT2D eigenvalue weighted by Gasteiger charge is -2.46. The number of rotatable bonds is 5. The van der Waals surface area contributed by atoms with Gasteiger partial charge in [-0.05, 0) is 6.92 Å². The summed E-state index contributed by atoms with van der Waals surface area (Å²) in [6, 6.07) is -0.362. The van der Waals surface area contributed by atoms with Crippen molar-refractivity contribution in [1.82, 2.24) is 14.5 Å². The van der Waals surface area contributed by atoms with E-state index in [2.05, 4.69) is 5.32 Å². The van der Waals surface area contributed by atoms with E-state index in [1.54, 1.807) is 0 Å². The molecule has 3 aliphatic rings. The van der Waals surface area contributed by atoms with E-state index in [1.165, 1.54) is 27.9 Å². The van der Waals surface area contributed by atoms with Crippen molar-refractivity contribution in [2.75, 3.05) is 26.0 Å². The van der Waals surface area contributed by atoms with Crippen LogP contribution < -0.4 is 5.32 Å². The largest absolute Gasteiger partial charge is 0.477 e. The van der Waals surface area contributed by atoms with Crippen molar-refractivity contribution in [2.45, 2.75) is 31.2 Å². The lowest BCUT2D eigenvalue weighted by atomic mass is 9.79. The average Bonchev–Trinajstić information content (AvgIpc) is 2.76. The summed E-state index contributed by atoms with van der Waals surface area (Å²) in [6.07, 6.45) is 0.294. The van der Waals surface area contributed by atoms with Gasteiger partial charge in [0.1, 0.15) is 5.70 Å². The first-order valence-electron chi connectivity index (χ1n) is 8.35. The molecule has 2 fully saturated rings. The average molecular weight is 405 g/mol. The molecular formula is C15H23N3O6S2. The molecule has 146 valence electrons. The van der Waals surface area contributed by atoms with E-state index in [1.807, 2.05) is 6.92 Å². The first-order chi connectivity index (χ1) is 12.0. The molecule has 11 heteroatoms. The highest BCUT2D eigenvalue weighted by Crippen LogP contribution is 2.51. The summed E-state index contributed by atoms with van der Waals surface area (Å²) in [5.41, 5.74) is -0.0362. The minimum Gasteiger partial charge on any atom is -0.477 e. The Hall–Kier alpha value is -1.14. The molecule has 2 saturated heterocycles. The molecule has 26 heavy (non-hydrogen) atoms. The number of aliphatic hydroxyl groups excluding tert-OH is 1. The summed E-state index contributed by atoms with van der Waals surface area (Å²) in [5.74, 6) is -2.38. The Morgan fingerprint density at radius 3 is 2.62 bits per heavy atom. The highest BCUT2D eigenvalue weighted by molar-refractivity contribution is 8.03. The molecule has 1 amide bonds. The molecule has 3 aliphatic heterocycles. The Kier molecular flexibility index (Phi) is 5.12. The van der Waals surface area contributed by atoms with Crippen LogP contribution in [0.2, 0.25) is 0 Å². The number of amides is 1. The Morgan fingerprint density at radius 1 is 1.42 bits per heavy atom. The van der Waals surface area contributed by atoms with Gasteiger partial charge in [0, 0.05) is 29.2 Å². The monoisotopic (exact) mass is 405 g/mol. The summed E-state index contributed by atoms with van der Waals surface area (Å²) in [4.78, 5) is 26.0. The fourth-order valence-electron chi connectivity index (χ4n) is 3.90. The molecule has 9 nitrogen and oxygen atoms in total. The molecular weight excluding hydrogens is 382 g/mol. The van der Waals surface area contributed by atoms with E-state index in [4.69, 9.17) is 0 Å². The SMILES string of the molecule is C[C@@H](O)[C@H]1C(=O)N2C(C(=O)O)=C(SC3CNCN(S(C)(=O)=O)C3)[C@H](C)[C@H]12. The van der Waals surface area contributed by atoms with Gasteiger partial charge in [0.2, 0.25) is 15.9 Å². The van der Waals surface area contributed by atoms with Crippen LogP contribution in [0.25, 0.3) is 0 Å². The lowest BCUT2D eigenvalue weighted by molar-refractivity contribution is -0.163. The third kappa shape index (κ3) is 3.15. The minimum atomic E-state index is -3.35. The molecule has 1 unspecified atom stereocenters. The van der Waals surface area contributed by atoms with Crippen molar-refractivity contribution in [3.8, 4) is 0 Å². The molecule has 0 aliphatic carbocycles. The quantitative estimate of drug-likeness (QED) is 0.501. The first-order valence-corrected chi connectivity index (χ1v) is 11.1. The predicted octanol–water partition coefficient (Wildman–Crippen LogP) is -0.936. The molecule has 0 spiro atoms. The third-order valence-electron chi connectivity index (χ3n) is 5.14. The van der Waals surface area contributed by atoms with Gasteiger partial charge in [0.05, 0.1) is 31.0 Å². The van der Waals surface area contributed by atoms with Crippen LogP contribution in [0.5, 0.6) is 0 Å². The van der Waals surface area contributed by atoms with Crippen LogP contribution >= 0.6 is 11.8 Å². The molecule has 0 aromatic rings. The number of carbonyl (C=O) groups excluding carboxylic acids is 1. The molecule has 0 aromatic carbocycles. The number of sulfonamides is 1. The number of β-lactam (4-membered cyclic amide) rings is 1. The number of nitrogens with zero attached hydrogens (tertiary/aromatic N) is 2. The van der Waals surface area contributed by atoms with Crippen LogP contribution in [-0.2, 0) is 19.6 Å². The number of aliphatic hydroxyl groups is 1. The van der Waals surface area contributed by atoms with Crippen molar-refractivity contribution in [3.63, 3.8) is 0 Å². The number of nitrogens with one attached hydrogen (secondary N) is 1. The van der Waals surface area contributed by atoms with Crippen molar-refractivity contribution in [3.05, 3.63) is 10.6 Å². The van der Waals surface area contributed by atoms with E-state index >= 15 is 0 Å². The van der Waals surface area contributed by atoms with Gasteiger partial charge in [-0.15, -0.1) is 11.8 Å². The van der Waals surface area contributed by atoms with Crippen molar-refractivity contribution in [1.29, 1.82) is 0 Å². The minimum absolute atomic E-state index is 0.0362. The van der Waals surface area contributed by atoms with Gasteiger partial charge in [-0.3, -0.25) is 4.79 Å². The molecule has 3 N–H and O–H groups in total. The lowest BCUT2D eigenvalue weighted by Crippen LogP contribution is -2.63. The van der Waals surface area contributed by atoms with Gasteiger partial charge < -0.3 is 20.4 Å². The predicted molar refractivity (Wildman–Crippen MR) is 95.4 cm³/mol. The van der Waals surface area contributed by atoms with E-state index in [9.17, 15) is 28.2 Å². The Balaban J connectivity index is 1.84. The van der Waals surface area contributed by atoms with E-state index < -0.39 is 28.0 Å². The maximum absolute atomic E-state index is 12.3. The standard InChI is InChI=1S/C15H23N3O6S2/c1-7-11-10(8(2)19)14(20)18(11)12(15(21)22)13(7)25-9-4-16-6-17(5-9)26(3,23)24/h7-11,16,19H,4-6H2,1-3H3,(H,21,22)/t7-,8-,9?,10-,11-/m1/s1. The van der Waals surface area contributed by atoms with Crippen molar-refractivity contribution in [2.24, 2.45) is 11.8 Å². The molecule has 0 aromatic heterocycles. The number of fused-ring (bicyclic) bond motifs is 1. The number of hydrogen-bond acceptors (Lipinski definition) is 7. The zero-order valence-electron chi connectivity index (χ0n) is 14.7. The second kappa shape index (κ2) is 6.79. The van der Waals surface area contributed by atoms with Gasteiger partial charge >= 0.3 is 5.97 Å². The zero-order valence-corrected chi connectivity index (χ0v) is 16.4. The van der Waals surface area contributed by atoms with E-state index in [-0.39, 0.29) is 42.0 Å². The molecule has 3 heterocycles. The van der Waals surface area contributed by atoms with Gasteiger partial charge in [0.25, 0.3) is 0 Å². The maximum Gasteiger partial charge on any atom is 0.353 e. The fraction of sp³-hybridized carbons (Fsp3) is 0.733. The number of aliphatic carboxylic acids is 1. The summed E-state index contributed by atoms with van der Waals surface area (Å²) in [6.45, 7) is 4.43. The molecule has 3 rings (SSSR count). The van der Waals surface area contributed by atoms with Crippen LogP contribution in [0, 0.1) is 11.8 Å². The van der Waals surface area contributed by atoms with Gasteiger partial charge in [-0.1, -0.05) is 6.92 Å².